The van der Waals surface area contributed by atoms with Crippen molar-refractivity contribution in [1.29, 1.82) is 0 Å². The van der Waals surface area contributed by atoms with Crippen molar-refractivity contribution in [3.05, 3.63) is 90.0 Å². The lowest BCUT2D eigenvalue weighted by atomic mass is 9.70. The van der Waals surface area contributed by atoms with Gasteiger partial charge in [0, 0.05) is 21.1 Å². The molecular weight excluding hydrogens is 609 g/mol. The first-order valence-electron chi connectivity index (χ1n) is 17.6. The highest BCUT2D eigenvalue weighted by Gasteiger charge is 2.65. The Morgan fingerprint density at radius 3 is 1.63 bits per heavy atom. The molecule has 0 amide bonds. The van der Waals surface area contributed by atoms with Crippen LogP contribution in [0, 0.1) is 16.7 Å². The molecule has 0 aliphatic heterocycles. The summed E-state index contributed by atoms with van der Waals surface area (Å²) >= 11 is 0. The van der Waals surface area contributed by atoms with Crippen LogP contribution in [0.25, 0.3) is 0 Å². The predicted molar refractivity (Wildman–Crippen MR) is 191 cm³/mol. The fourth-order valence-electron chi connectivity index (χ4n) is 7.94. The molecule has 46 heavy (non-hydrogen) atoms. The summed E-state index contributed by atoms with van der Waals surface area (Å²) in [4.78, 5) is 16.0. The van der Waals surface area contributed by atoms with Crippen LogP contribution in [-0.2, 0) is 31.4 Å². The summed E-state index contributed by atoms with van der Waals surface area (Å²) in [6, 6.07) is 26.8. The van der Waals surface area contributed by atoms with Crippen LogP contribution in [0.2, 0.25) is 0 Å². The van der Waals surface area contributed by atoms with Gasteiger partial charge in [0.15, 0.2) is 0 Å². The number of unbranched alkanes of at least 4 members (excludes halogenated alkanes) is 6. The van der Waals surface area contributed by atoms with Gasteiger partial charge in [-0.2, -0.15) is 8.42 Å². The molecule has 2 atom stereocenters. The van der Waals surface area contributed by atoms with E-state index in [1.165, 1.54) is 49.7 Å². The number of hydrogen-bond donors (Lipinski definition) is 0. The Morgan fingerprint density at radius 1 is 0.696 bits per heavy atom. The highest BCUT2D eigenvalue weighted by atomic mass is 32.3. The molecule has 0 aromatic heterocycles. The van der Waals surface area contributed by atoms with Gasteiger partial charge in [-0.25, -0.2) is 3.63 Å². The van der Waals surface area contributed by atoms with Crippen molar-refractivity contribution in [2.24, 2.45) is 16.7 Å². The third-order valence-electron chi connectivity index (χ3n) is 11.0. The van der Waals surface area contributed by atoms with E-state index in [-0.39, 0.29) is 22.9 Å². The SMILES string of the molecule is CCCCCCc1ccc(S(OS(=O)(=O)CC23CCC(CC2=O)C3(C)C)(c2ccccc2)c2ccc(CCCCCC)cc2)cc1. The molecule has 2 aliphatic rings. The van der Waals surface area contributed by atoms with E-state index in [4.69, 9.17) is 3.63 Å². The summed E-state index contributed by atoms with van der Waals surface area (Å²) in [5, 5.41) is 0. The Morgan fingerprint density at radius 2 is 1.20 bits per heavy atom. The summed E-state index contributed by atoms with van der Waals surface area (Å²) in [5.74, 6) is 0.0480. The van der Waals surface area contributed by atoms with Crippen molar-refractivity contribution in [2.75, 3.05) is 5.75 Å². The molecule has 2 fully saturated rings. The normalized spacial score (nSPS) is 21.1. The molecular formula is C40H54O4S2. The van der Waals surface area contributed by atoms with Crippen LogP contribution in [0.15, 0.2) is 93.5 Å². The van der Waals surface area contributed by atoms with Crippen LogP contribution >= 0.6 is 10.3 Å². The standard InChI is InChI=1S/C40H54O4S2/c1-5-7-9-12-16-32-20-24-36(25-21-32)46(35-18-14-11-15-19-35,37-26-22-33(23-27-37)17-13-10-8-6-2)44-45(42,43)31-40-29-28-34(30-38(40)41)39(40,3)4/h11,14-15,18-27,34H,5-10,12-13,16-17,28-31H2,1-4H3. The Kier molecular flexibility index (Phi) is 11.2. The monoisotopic (exact) mass is 662 g/mol. The zero-order valence-corrected chi connectivity index (χ0v) is 30.1. The summed E-state index contributed by atoms with van der Waals surface area (Å²) in [6.45, 7) is 8.62. The average molecular weight is 663 g/mol. The van der Waals surface area contributed by atoms with Crippen molar-refractivity contribution >= 4 is 26.2 Å². The van der Waals surface area contributed by atoms with Crippen LogP contribution in [0.1, 0.15) is 109 Å². The number of Topliss-reactive ketones (excluding diaryl/α,β-unsaturated/α-hetero) is 1. The van der Waals surface area contributed by atoms with E-state index in [0.29, 0.717) is 12.8 Å². The lowest BCUT2D eigenvalue weighted by molar-refractivity contribution is -0.128. The van der Waals surface area contributed by atoms with Crippen molar-refractivity contribution < 1.29 is 16.8 Å². The van der Waals surface area contributed by atoms with Gasteiger partial charge in [0.2, 0.25) is 0 Å². The van der Waals surface area contributed by atoms with Gasteiger partial charge < -0.3 is 0 Å². The molecule has 4 nitrogen and oxygen atoms in total. The van der Waals surface area contributed by atoms with Crippen LogP contribution in [-0.4, -0.2) is 20.0 Å². The minimum Gasteiger partial charge on any atom is -0.299 e. The number of hydrogen-bond acceptors (Lipinski definition) is 4. The second-order valence-corrected chi connectivity index (χ2v) is 18.7. The molecule has 5 rings (SSSR count). The summed E-state index contributed by atoms with van der Waals surface area (Å²) in [5.41, 5.74) is 1.23. The first-order chi connectivity index (χ1) is 22.1. The van der Waals surface area contributed by atoms with E-state index in [1.54, 1.807) is 0 Å². The van der Waals surface area contributed by atoms with Gasteiger partial charge in [0.05, 0.1) is 11.2 Å². The minimum absolute atomic E-state index is 0.0843. The summed E-state index contributed by atoms with van der Waals surface area (Å²) in [7, 11) is -6.86. The van der Waals surface area contributed by atoms with Crippen LogP contribution < -0.4 is 0 Å². The molecule has 2 aliphatic carbocycles. The first-order valence-corrected chi connectivity index (χ1v) is 20.7. The Balaban J connectivity index is 1.57. The largest absolute Gasteiger partial charge is 0.299 e. The first kappa shape index (κ1) is 34.9. The zero-order valence-electron chi connectivity index (χ0n) is 28.4. The van der Waals surface area contributed by atoms with E-state index < -0.39 is 25.8 Å². The van der Waals surface area contributed by atoms with E-state index in [2.05, 4.69) is 76.2 Å². The van der Waals surface area contributed by atoms with Gasteiger partial charge in [-0.05, 0) is 108 Å². The molecule has 3 aromatic rings. The third kappa shape index (κ3) is 7.05. The fourth-order valence-corrected chi connectivity index (χ4v) is 14.0. The highest BCUT2D eigenvalue weighted by Crippen LogP contribution is 2.71. The number of rotatable bonds is 17. The molecule has 6 heteroatoms. The number of carbonyl (C=O) groups excluding carboxylic acids is 1. The summed E-state index contributed by atoms with van der Waals surface area (Å²) in [6.07, 6.45) is 13.6. The van der Waals surface area contributed by atoms with Crippen molar-refractivity contribution in [1.82, 2.24) is 0 Å². The molecule has 250 valence electrons. The highest BCUT2D eigenvalue weighted by molar-refractivity contribution is 8.33. The lowest BCUT2D eigenvalue weighted by Crippen LogP contribution is -2.42. The second-order valence-electron chi connectivity index (χ2n) is 14.2. The van der Waals surface area contributed by atoms with Gasteiger partial charge in [0.1, 0.15) is 5.78 Å². The molecule has 3 aromatic carbocycles. The smallest absolute Gasteiger partial charge is 0.278 e. The van der Waals surface area contributed by atoms with E-state index in [1.807, 2.05) is 30.3 Å². The van der Waals surface area contributed by atoms with Crippen molar-refractivity contribution in [3.63, 3.8) is 0 Å². The maximum absolute atomic E-state index is 14.5. The van der Waals surface area contributed by atoms with Gasteiger partial charge in [-0.15, -0.1) is 0 Å². The quantitative estimate of drug-likeness (QED) is 0.135. The molecule has 0 radical (unpaired) electrons. The zero-order chi connectivity index (χ0) is 32.8. The predicted octanol–water partition coefficient (Wildman–Crippen LogP) is 10.9. The van der Waals surface area contributed by atoms with Crippen LogP contribution in [0.3, 0.4) is 0 Å². The second kappa shape index (κ2) is 14.8. The van der Waals surface area contributed by atoms with E-state index >= 15 is 0 Å². The van der Waals surface area contributed by atoms with Gasteiger partial charge in [0.25, 0.3) is 10.1 Å². The molecule has 0 N–H and O–H groups in total. The molecule has 0 spiro atoms. The topological polar surface area (TPSA) is 60.4 Å². The molecule has 0 heterocycles. The maximum Gasteiger partial charge on any atom is 0.278 e. The molecule has 2 saturated carbocycles. The number of fused-ring (bicyclic) bond motifs is 2. The van der Waals surface area contributed by atoms with Crippen LogP contribution in [0.4, 0.5) is 0 Å². The van der Waals surface area contributed by atoms with Gasteiger partial charge in [-0.3, -0.25) is 4.79 Å². The Bertz CT molecular complexity index is 1490. The Hall–Kier alpha value is -2.41. The Labute approximate surface area is 280 Å². The molecule has 2 unspecified atom stereocenters. The van der Waals surface area contributed by atoms with Crippen LogP contribution in [0.5, 0.6) is 0 Å². The third-order valence-corrected chi connectivity index (χ3v) is 16.3. The van der Waals surface area contributed by atoms with Crippen molar-refractivity contribution in [2.45, 2.75) is 126 Å². The molecule has 2 bridgehead atoms. The number of ketones is 1. The number of aryl methyl sites for hydroxylation is 2. The molecule has 0 saturated heterocycles. The fraction of sp³-hybridized carbons (Fsp3) is 0.525. The van der Waals surface area contributed by atoms with Gasteiger partial charge >= 0.3 is 0 Å². The van der Waals surface area contributed by atoms with Gasteiger partial charge in [-0.1, -0.05) is 109 Å². The van der Waals surface area contributed by atoms with E-state index in [9.17, 15) is 13.2 Å². The number of carbonyl (C=O) groups is 1. The van der Waals surface area contributed by atoms with Crippen molar-refractivity contribution in [3.8, 4) is 0 Å². The maximum atomic E-state index is 14.5. The summed E-state index contributed by atoms with van der Waals surface area (Å²) < 4.78 is 35.8. The van der Waals surface area contributed by atoms with E-state index in [0.717, 1.165) is 46.8 Å². The average Bonchev–Trinajstić information content (AvgIpc) is 3.39. The lowest BCUT2D eigenvalue weighted by Gasteiger charge is -2.41. The minimum atomic E-state index is -4.16. The number of benzene rings is 3.